The molecule has 0 unspecified atom stereocenters. The first-order valence-corrected chi connectivity index (χ1v) is 12.0. The molecule has 0 atom stereocenters. The van der Waals surface area contributed by atoms with Crippen molar-refractivity contribution < 1.29 is 14.6 Å². The Labute approximate surface area is 194 Å². The lowest BCUT2D eigenvalue weighted by atomic mass is 9.83. The largest absolute Gasteiger partial charge is 0.494 e. The Morgan fingerprint density at radius 2 is 1.79 bits per heavy atom. The molecule has 172 valence electrons. The Hall–Kier alpha value is -3.02. The zero-order valence-electron chi connectivity index (χ0n) is 19.2. The Balaban J connectivity index is 1.14. The molecule has 33 heavy (non-hydrogen) atoms. The summed E-state index contributed by atoms with van der Waals surface area (Å²) in [5.74, 6) is 1.82. The van der Waals surface area contributed by atoms with Crippen LogP contribution in [0.5, 0.6) is 11.5 Å². The highest BCUT2D eigenvalue weighted by Crippen LogP contribution is 2.35. The number of hydrogen-bond acceptors (Lipinski definition) is 4. The van der Waals surface area contributed by atoms with Gasteiger partial charge in [0.2, 0.25) is 0 Å². The summed E-state index contributed by atoms with van der Waals surface area (Å²) in [5.41, 5.74) is 1.36. The predicted octanol–water partition coefficient (Wildman–Crippen LogP) is 5.47. The van der Waals surface area contributed by atoms with Gasteiger partial charge < -0.3 is 24.5 Å². The maximum absolute atomic E-state index is 11.4. The molecule has 0 radical (unpaired) electrons. The molecular weight excluding hydrogens is 412 g/mol. The normalized spacial score (nSPS) is 16.3. The Morgan fingerprint density at radius 1 is 0.970 bits per heavy atom. The van der Waals surface area contributed by atoms with Crippen LogP contribution in [-0.4, -0.2) is 47.8 Å². The van der Waals surface area contributed by atoms with Gasteiger partial charge in [0.25, 0.3) is 0 Å². The smallest absolute Gasteiger partial charge is 0.128 e. The summed E-state index contributed by atoms with van der Waals surface area (Å²) in [4.78, 5) is 5.66. The molecule has 1 aromatic heterocycles. The van der Waals surface area contributed by atoms with Crippen LogP contribution in [0, 0.1) is 0 Å². The standard InChI is InChI=1S/C28H32N2O3/c1-2-32-24-10-8-21-19-23(9-7-22(21)20-24)28(31)12-16-30(17-13-28)15-4-18-33-27-6-3-5-26-25(27)11-14-29-26/h3,5-11,14,19-20,29,31H,2,4,12-13,15-18H2,1H3. The summed E-state index contributed by atoms with van der Waals surface area (Å²) < 4.78 is 11.6. The van der Waals surface area contributed by atoms with Crippen molar-refractivity contribution in [3.05, 3.63) is 72.4 Å². The fourth-order valence-electron chi connectivity index (χ4n) is 4.86. The molecule has 0 aliphatic carbocycles. The number of H-pyrrole nitrogens is 1. The van der Waals surface area contributed by atoms with Crippen molar-refractivity contribution in [3.63, 3.8) is 0 Å². The lowest BCUT2D eigenvalue weighted by Gasteiger charge is -2.38. The molecule has 5 nitrogen and oxygen atoms in total. The third-order valence-electron chi connectivity index (χ3n) is 6.77. The van der Waals surface area contributed by atoms with Gasteiger partial charge in [-0.25, -0.2) is 0 Å². The zero-order valence-corrected chi connectivity index (χ0v) is 19.2. The van der Waals surface area contributed by atoms with Crippen molar-refractivity contribution in [1.82, 2.24) is 9.88 Å². The summed E-state index contributed by atoms with van der Waals surface area (Å²) >= 11 is 0. The highest BCUT2D eigenvalue weighted by atomic mass is 16.5. The number of likely N-dealkylation sites (tertiary alicyclic amines) is 1. The number of benzene rings is 3. The van der Waals surface area contributed by atoms with Crippen molar-refractivity contribution in [2.45, 2.75) is 31.8 Å². The minimum Gasteiger partial charge on any atom is -0.494 e. The van der Waals surface area contributed by atoms with Crippen LogP contribution in [0.2, 0.25) is 0 Å². The lowest BCUT2D eigenvalue weighted by Crippen LogP contribution is -2.43. The highest BCUT2D eigenvalue weighted by molar-refractivity contribution is 5.86. The van der Waals surface area contributed by atoms with Crippen LogP contribution in [0.1, 0.15) is 31.7 Å². The van der Waals surface area contributed by atoms with E-state index in [0.717, 1.165) is 77.6 Å². The summed E-state index contributed by atoms with van der Waals surface area (Å²) in [7, 11) is 0. The third kappa shape index (κ3) is 4.70. The number of ether oxygens (including phenoxy) is 2. The highest BCUT2D eigenvalue weighted by Gasteiger charge is 2.33. The van der Waals surface area contributed by atoms with Crippen LogP contribution in [0.4, 0.5) is 0 Å². The molecule has 1 aliphatic heterocycles. The minimum absolute atomic E-state index is 0.662. The minimum atomic E-state index is -0.760. The Morgan fingerprint density at radius 3 is 2.64 bits per heavy atom. The third-order valence-corrected chi connectivity index (χ3v) is 6.77. The van der Waals surface area contributed by atoms with Crippen LogP contribution < -0.4 is 9.47 Å². The van der Waals surface area contributed by atoms with Crippen molar-refractivity contribution in [3.8, 4) is 11.5 Å². The SMILES string of the molecule is CCOc1ccc2cc(C3(O)CCN(CCCOc4cccc5[nH]ccc45)CC3)ccc2c1. The van der Waals surface area contributed by atoms with Gasteiger partial charge >= 0.3 is 0 Å². The molecule has 0 spiro atoms. The Kier molecular flexibility index (Phi) is 6.25. The zero-order chi connectivity index (χ0) is 22.7. The van der Waals surface area contributed by atoms with Gasteiger partial charge in [0.15, 0.2) is 0 Å². The van der Waals surface area contributed by atoms with E-state index < -0.39 is 5.60 Å². The summed E-state index contributed by atoms with van der Waals surface area (Å²) in [6, 6.07) is 20.6. The van der Waals surface area contributed by atoms with E-state index in [1.54, 1.807) is 0 Å². The molecule has 0 amide bonds. The Bertz CT molecular complexity index is 1220. The summed E-state index contributed by atoms with van der Waals surface area (Å²) in [6.07, 6.45) is 4.41. The molecule has 0 saturated carbocycles. The second-order valence-electron chi connectivity index (χ2n) is 8.93. The van der Waals surface area contributed by atoms with Crippen LogP contribution in [0.25, 0.3) is 21.7 Å². The molecule has 1 aliphatic rings. The number of nitrogens with zero attached hydrogens (tertiary/aromatic N) is 1. The molecule has 2 heterocycles. The maximum atomic E-state index is 11.4. The predicted molar refractivity (Wildman–Crippen MR) is 133 cm³/mol. The average molecular weight is 445 g/mol. The molecule has 3 aromatic carbocycles. The van der Waals surface area contributed by atoms with Gasteiger partial charge in [0.1, 0.15) is 11.5 Å². The van der Waals surface area contributed by atoms with E-state index in [0.29, 0.717) is 13.2 Å². The monoisotopic (exact) mass is 444 g/mol. The number of aromatic amines is 1. The molecule has 5 heteroatoms. The van der Waals surface area contributed by atoms with Crippen molar-refractivity contribution in [2.24, 2.45) is 0 Å². The number of nitrogens with one attached hydrogen (secondary N) is 1. The lowest BCUT2D eigenvalue weighted by molar-refractivity contribution is -0.0263. The van der Waals surface area contributed by atoms with E-state index in [1.165, 1.54) is 0 Å². The van der Waals surface area contributed by atoms with Gasteiger partial charge in [-0.15, -0.1) is 0 Å². The second kappa shape index (κ2) is 9.46. The van der Waals surface area contributed by atoms with E-state index in [4.69, 9.17) is 9.47 Å². The molecule has 1 fully saturated rings. The van der Waals surface area contributed by atoms with Crippen molar-refractivity contribution >= 4 is 21.7 Å². The first-order valence-electron chi connectivity index (χ1n) is 12.0. The summed E-state index contributed by atoms with van der Waals surface area (Å²) in [6.45, 7) is 6.12. The maximum Gasteiger partial charge on any atom is 0.128 e. The number of piperidine rings is 1. The van der Waals surface area contributed by atoms with Crippen LogP contribution in [0.3, 0.4) is 0 Å². The molecule has 0 bridgehead atoms. The fraction of sp³-hybridized carbons (Fsp3) is 0.357. The van der Waals surface area contributed by atoms with E-state index in [9.17, 15) is 5.11 Å². The number of fused-ring (bicyclic) bond motifs is 2. The second-order valence-corrected chi connectivity index (χ2v) is 8.93. The molecular formula is C28H32N2O3. The van der Waals surface area contributed by atoms with E-state index in [1.807, 2.05) is 31.3 Å². The van der Waals surface area contributed by atoms with Gasteiger partial charge in [-0.2, -0.15) is 0 Å². The van der Waals surface area contributed by atoms with E-state index in [-0.39, 0.29) is 0 Å². The molecule has 1 saturated heterocycles. The summed E-state index contributed by atoms with van der Waals surface area (Å²) in [5, 5.41) is 14.8. The van der Waals surface area contributed by atoms with Crippen LogP contribution in [0.15, 0.2) is 66.9 Å². The van der Waals surface area contributed by atoms with E-state index >= 15 is 0 Å². The number of aromatic nitrogens is 1. The van der Waals surface area contributed by atoms with Crippen molar-refractivity contribution in [2.75, 3.05) is 32.8 Å². The number of hydrogen-bond donors (Lipinski definition) is 2. The van der Waals surface area contributed by atoms with Crippen molar-refractivity contribution in [1.29, 1.82) is 0 Å². The van der Waals surface area contributed by atoms with Crippen LogP contribution >= 0.6 is 0 Å². The first-order chi connectivity index (χ1) is 16.1. The van der Waals surface area contributed by atoms with E-state index in [2.05, 4.69) is 52.3 Å². The number of rotatable bonds is 8. The van der Waals surface area contributed by atoms with Gasteiger partial charge in [0.05, 0.1) is 18.8 Å². The fourth-order valence-corrected chi connectivity index (χ4v) is 4.86. The molecule has 5 rings (SSSR count). The topological polar surface area (TPSA) is 57.7 Å². The van der Waals surface area contributed by atoms with Gasteiger partial charge in [-0.3, -0.25) is 0 Å². The average Bonchev–Trinajstić information content (AvgIpc) is 3.33. The molecule has 4 aromatic rings. The molecule has 2 N–H and O–H groups in total. The number of aliphatic hydroxyl groups is 1. The first kappa shape index (κ1) is 21.8. The van der Waals surface area contributed by atoms with Gasteiger partial charge in [-0.05, 0) is 78.9 Å². The van der Waals surface area contributed by atoms with Crippen LogP contribution in [-0.2, 0) is 5.60 Å². The van der Waals surface area contributed by atoms with Gasteiger partial charge in [0, 0.05) is 36.7 Å². The van der Waals surface area contributed by atoms with Gasteiger partial charge in [-0.1, -0.05) is 24.3 Å². The quantitative estimate of drug-likeness (QED) is 0.354.